The first-order valence-electron chi connectivity index (χ1n) is 5.14. The fraction of sp³-hybridized carbons (Fsp3) is 0.167. The van der Waals surface area contributed by atoms with Crippen molar-refractivity contribution in [3.8, 4) is 0 Å². The molecule has 1 heterocycles. The van der Waals surface area contributed by atoms with Crippen LogP contribution in [0.2, 0.25) is 0 Å². The van der Waals surface area contributed by atoms with Gasteiger partial charge in [0.15, 0.2) is 5.13 Å². The second-order valence-corrected chi connectivity index (χ2v) is 4.99. The van der Waals surface area contributed by atoms with E-state index < -0.39 is 0 Å². The van der Waals surface area contributed by atoms with Crippen LogP contribution >= 0.6 is 23.6 Å². The van der Waals surface area contributed by atoms with E-state index in [1.54, 1.807) is 11.3 Å². The van der Waals surface area contributed by atoms with Crippen molar-refractivity contribution in [1.82, 2.24) is 4.98 Å². The van der Waals surface area contributed by atoms with E-state index in [1.165, 1.54) is 0 Å². The van der Waals surface area contributed by atoms with Crippen molar-refractivity contribution in [1.29, 1.82) is 0 Å². The average Bonchev–Trinajstić information content (AvgIpc) is 2.75. The van der Waals surface area contributed by atoms with E-state index in [9.17, 15) is 0 Å². The monoisotopic (exact) mass is 263 g/mol. The van der Waals surface area contributed by atoms with E-state index in [-0.39, 0.29) is 0 Å². The van der Waals surface area contributed by atoms with Crippen molar-refractivity contribution in [3.63, 3.8) is 0 Å². The number of thiazole rings is 1. The zero-order chi connectivity index (χ0) is 12.4. The molecule has 0 amide bonds. The van der Waals surface area contributed by atoms with Gasteiger partial charge in [-0.25, -0.2) is 4.98 Å². The van der Waals surface area contributed by atoms with Crippen LogP contribution in [0.15, 0.2) is 29.6 Å². The van der Waals surface area contributed by atoms with Gasteiger partial charge in [-0.3, -0.25) is 0 Å². The Balaban J connectivity index is 2.43. The van der Waals surface area contributed by atoms with Crippen molar-refractivity contribution in [3.05, 3.63) is 40.9 Å². The molecule has 17 heavy (non-hydrogen) atoms. The highest BCUT2D eigenvalue weighted by molar-refractivity contribution is 7.80. The van der Waals surface area contributed by atoms with Crippen LogP contribution in [0.5, 0.6) is 0 Å². The summed E-state index contributed by atoms with van der Waals surface area (Å²) < 4.78 is 0. The lowest BCUT2D eigenvalue weighted by Crippen LogP contribution is -2.17. The Hall–Kier alpha value is -1.46. The SMILES string of the molecule is Cc1csc(N(C)c2ccccc2C(N)=S)n1. The van der Waals surface area contributed by atoms with Crippen molar-refractivity contribution < 1.29 is 0 Å². The Morgan fingerprint density at radius 2 is 2.12 bits per heavy atom. The number of benzene rings is 1. The minimum Gasteiger partial charge on any atom is -0.389 e. The van der Waals surface area contributed by atoms with Gasteiger partial charge < -0.3 is 10.6 Å². The molecule has 0 saturated heterocycles. The molecular formula is C12H13N3S2. The first-order valence-corrected chi connectivity index (χ1v) is 6.43. The normalized spacial score (nSPS) is 10.2. The van der Waals surface area contributed by atoms with Crippen LogP contribution < -0.4 is 10.6 Å². The largest absolute Gasteiger partial charge is 0.389 e. The molecule has 0 aliphatic heterocycles. The highest BCUT2D eigenvalue weighted by Gasteiger charge is 2.12. The number of hydrogen-bond donors (Lipinski definition) is 1. The second-order valence-electron chi connectivity index (χ2n) is 3.71. The third kappa shape index (κ3) is 2.45. The van der Waals surface area contributed by atoms with Crippen LogP contribution in [0.4, 0.5) is 10.8 Å². The molecule has 1 aromatic heterocycles. The maximum absolute atomic E-state index is 5.72. The van der Waals surface area contributed by atoms with Crippen LogP contribution in [0, 0.1) is 6.92 Å². The third-order valence-electron chi connectivity index (χ3n) is 2.42. The summed E-state index contributed by atoms with van der Waals surface area (Å²) in [5.41, 5.74) is 8.60. The fourth-order valence-corrected chi connectivity index (χ4v) is 2.53. The van der Waals surface area contributed by atoms with Gasteiger partial charge in [0.2, 0.25) is 0 Å². The summed E-state index contributed by atoms with van der Waals surface area (Å²) >= 11 is 6.66. The minimum atomic E-state index is 0.403. The van der Waals surface area contributed by atoms with Crippen LogP contribution in [0.1, 0.15) is 11.3 Å². The molecule has 0 fully saturated rings. The molecule has 0 unspecified atom stereocenters. The summed E-state index contributed by atoms with van der Waals surface area (Å²) in [7, 11) is 1.97. The van der Waals surface area contributed by atoms with Gasteiger partial charge in [-0.05, 0) is 19.1 Å². The van der Waals surface area contributed by atoms with Gasteiger partial charge in [-0.15, -0.1) is 11.3 Å². The number of anilines is 2. The zero-order valence-electron chi connectivity index (χ0n) is 9.68. The molecular weight excluding hydrogens is 250 g/mol. The molecule has 0 radical (unpaired) electrons. The molecule has 5 heteroatoms. The number of rotatable bonds is 3. The lowest BCUT2D eigenvalue weighted by atomic mass is 10.1. The number of nitrogens with zero attached hydrogens (tertiary/aromatic N) is 2. The highest BCUT2D eigenvalue weighted by atomic mass is 32.1. The summed E-state index contributed by atoms with van der Waals surface area (Å²) in [6.45, 7) is 1.98. The second kappa shape index (κ2) is 4.81. The lowest BCUT2D eigenvalue weighted by Gasteiger charge is -2.19. The Bertz CT molecular complexity index is 548. The van der Waals surface area contributed by atoms with E-state index in [4.69, 9.17) is 18.0 Å². The van der Waals surface area contributed by atoms with Gasteiger partial charge >= 0.3 is 0 Å². The van der Waals surface area contributed by atoms with Crippen molar-refractivity contribution in [2.45, 2.75) is 6.92 Å². The van der Waals surface area contributed by atoms with E-state index in [0.717, 1.165) is 22.1 Å². The minimum absolute atomic E-state index is 0.403. The molecule has 0 atom stereocenters. The number of thiocarbonyl (C=S) groups is 1. The standard InChI is InChI=1S/C12H13N3S2/c1-8-7-17-12(14-8)15(2)10-6-4-3-5-9(10)11(13)16/h3-7H,1-2H3,(H2,13,16). The summed E-state index contributed by atoms with van der Waals surface area (Å²) in [5.74, 6) is 0. The number of para-hydroxylation sites is 1. The molecule has 0 aliphatic carbocycles. The molecule has 0 saturated carbocycles. The molecule has 88 valence electrons. The van der Waals surface area contributed by atoms with E-state index in [1.807, 2.05) is 48.5 Å². The molecule has 1 aromatic carbocycles. The maximum Gasteiger partial charge on any atom is 0.189 e. The third-order valence-corrected chi connectivity index (χ3v) is 3.68. The van der Waals surface area contributed by atoms with Gasteiger partial charge in [0.25, 0.3) is 0 Å². The molecule has 3 nitrogen and oxygen atoms in total. The van der Waals surface area contributed by atoms with Crippen LogP contribution in [-0.4, -0.2) is 17.0 Å². The van der Waals surface area contributed by atoms with Gasteiger partial charge in [0.1, 0.15) is 4.99 Å². The van der Waals surface area contributed by atoms with Crippen LogP contribution in [0.25, 0.3) is 0 Å². The predicted molar refractivity (Wildman–Crippen MR) is 77.2 cm³/mol. The summed E-state index contributed by atoms with van der Waals surface area (Å²) in [5, 5.41) is 2.96. The van der Waals surface area contributed by atoms with Gasteiger partial charge in [-0.1, -0.05) is 24.4 Å². The first-order chi connectivity index (χ1) is 8.09. The van der Waals surface area contributed by atoms with Crippen LogP contribution in [-0.2, 0) is 0 Å². The van der Waals surface area contributed by atoms with E-state index >= 15 is 0 Å². The Morgan fingerprint density at radius 3 is 2.71 bits per heavy atom. The maximum atomic E-state index is 5.72. The Morgan fingerprint density at radius 1 is 1.41 bits per heavy atom. The number of nitrogens with two attached hydrogens (primary N) is 1. The molecule has 0 aliphatic rings. The van der Waals surface area contributed by atoms with Crippen molar-refractivity contribution in [2.75, 3.05) is 11.9 Å². The van der Waals surface area contributed by atoms with E-state index in [0.29, 0.717) is 4.99 Å². The number of aromatic nitrogens is 1. The summed E-state index contributed by atoms with van der Waals surface area (Å²) in [4.78, 5) is 6.86. The zero-order valence-corrected chi connectivity index (χ0v) is 11.3. The summed E-state index contributed by atoms with van der Waals surface area (Å²) in [6, 6.07) is 7.81. The van der Waals surface area contributed by atoms with Crippen molar-refractivity contribution >= 4 is 39.4 Å². The summed E-state index contributed by atoms with van der Waals surface area (Å²) in [6.07, 6.45) is 0. The first kappa shape index (κ1) is 12.0. The molecule has 0 bridgehead atoms. The van der Waals surface area contributed by atoms with Gasteiger partial charge in [0.05, 0.1) is 11.4 Å². The Labute approximate surface area is 110 Å². The average molecular weight is 263 g/mol. The Kier molecular flexibility index (Phi) is 3.40. The smallest absolute Gasteiger partial charge is 0.189 e. The number of hydrogen-bond acceptors (Lipinski definition) is 4. The van der Waals surface area contributed by atoms with Crippen molar-refractivity contribution in [2.24, 2.45) is 5.73 Å². The molecule has 0 spiro atoms. The number of aryl methyl sites for hydroxylation is 1. The quantitative estimate of drug-likeness (QED) is 0.865. The lowest BCUT2D eigenvalue weighted by molar-refractivity contribution is 1.14. The van der Waals surface area contributed by atoms with E-state index in [2.05, 4.69) is 4.98 Å². The van der Waals surface area contributed by atoms with Crippen LogP contribution in [0.3, 0.4) is 0 Å². The highest BCUT2D eigenvalue weighted by Crippen LogP contribution is 2.29. The molecule has 2 N–H and O–H groups in total. The van der Waals surface area contributed by atoms with Gasteiger partial charge in [-0.2, -0.15) is 0 Å². The molecule has 2 aromatic rings. The predicted octanol–water partition coefficient (Wildman–Crippen LogP) is 2.85. The van der Waals surface area contributed by atoms with Gasteiger partial charge in [0, 0.05) is 18.0 Å². The fourth-order valence-electron chi connectivity index (χ4n) is 1.57. The molecule has 2 rings (SSSR count). The topological polar surface area (TPSA) is 42.1 Å².